The summed E-state index contributed by atoms with van der Waals surface area (Å²) < 4.78 is 14.9. The number of halogens is 2. The molecule has 0 saturated carbocycles. The number of alkyl halides is 1. The van der Waals surface area contributed by atoms with E-state index in [-0.39, 0.29) is 17.8 Å². The number of nitrogens with one attached hydrogen (secondary N) is 2. The van der Waals surface area contributed by atoms with Crippen LogP contribution in [0.5, 0.6) is 0 Å². The summed E-state index contributed by atoms with van der Waals surface area (Å²) in [4.78, 5) is 0. The molecule has 2 unspecified atom stereocenters. The molecule has 0 bridgehead atoms. The summed E-state index contributed by atoms with van der Waals surface area (Å²) in [6.07, 6.45) is 9.03. The van der Waals surface area contributed by atoms with Gasteiger partial charge in [-0.25, -0.2) is 9.82 Å². The zero-order valence-corrected chi connectivity index (χ0v) is 15.9. The summed E-state index contributed by atoms with van der Waals surface area (Å²) >= 11 is 2.31. The second kappa shape index (κ2) is 10.0. The number of nitrogens with zero attached hydrogens (tertiary/aromatic N) is 1. The molecule has 0 aromatic rings. The summed E-state index contributed by atoms with van der Waals surface area (Å²) in [7, 11) is 0. The molecule has 1 aliphatic rings. The lowest BCUT2D eigenvalue weighted by molar-refractivity contribution is 0.255. The molecule has 3 nitrogen and oxygen atoms in total. The largest absolute Gasteiger partial charge is 0.364 e. The third-order valence-corrected chi connectivity index (χ3v) is 4.37. The molecule has 0 radical (unpaired) electrons. The number of hydrogen-bond acceptors (Lipinski definition) is 3. The number of rotatable bonds is 8. The fourth-order valence-corrected chi connectivity index (χ4v) is 2.72. The minimum Gasteiger partial charge on any atom is -0.364 e. The summed E-state index contributed by atoms with van der Waals surface area (Å²) in [6, 6.07) is -0.00909. The topological polar surface area (TPSA) is 27.3 Å². The lowest BCUT2D eigenvalue weighted by Crippen LogP contribution is -2.46. The molecule has 1 aliphatic heterocycles. The summed E-state index contributed by atoms with van der Waals surface area (Å²) in [6.45, 7) is 10.8. The van der Waals surface area contributed by atoms with Crippen molar-refractivity contribution in [1.29, 1.82) is 0 Å². The highest BCUT2D eigenvalue weighted by Gasteiger charge is 2.15. The zero-order valence-electron chi connectivity index (χ0n) is 13.7. The SMILES string of the molecule is C=C/C(=C\C(F)=C/C(C)CC)C(C)NC1=CCCNN1CI. The van der Waals surface area contributed by atoms with Gasteiger partial charge >= 0.3 is 0 Å². The van der Waals surface area contributed by atoms with E-state index in [1.807, 2.05) is 13.8 Å². The van der Waals surface area contributed by atoms with Crippen molar-refractivity contribution in [2.75, 3.05) is 11.1 Å². The molecule has 124 valence electrons. The number of allylic oxidation sites excluding steroid dienone is 3. The molecule has 0 aromatic heterocycles. The average molecular weight is 419 g/mol. The van der Waals surface area contributed by atoms with E-state index in [1.54, 1.807) is 18.2 Å². The van der Waals surface area contributed by atoms with Gasteiger partial charge in [0.15, 0.2) is 0 Å². The van der Waals surface area contributed by atoms with Crippen LogP contribution in [-0.4, -0.2) is 22.1 Å². The van der Waals surface area contributed by atoms with Gasteiger partial charge in [-0.05, 0) is 49.5 Å². The van der Waals surface area contributed by atoms with Gasteiger partial charge in [-0.1, -0.05) is 49.1 Å². The van der Waals surface area contributed by atoms with Crippen LogP contribution in [-0.2, 0) is 0 Å². The van der Waals surface area contributed by atoms with Crippen LogP contribution in [0.4, 0.5) is 4.39 Å². The molecule has 0 aliphatic carbocycles. The van der Waals surface area contributed by atoms with Gasteiger partial charge < -0.3 is 5.32 Å². The minimum atomic E-state index is -0.195. The number of hydrogen-bond donors (Lipinski definition) is 2. The molecule has 1 heterocycles. The van der Waals surface area contributed by atoms with Gasteiger partial charge in [-0.2, -0.15) is 0 Å². The lowest BCUT2D eigenvalue weighted by Gasteiger charge is -2.32. The van der Waals surface area contributed by atoms with Crippen LogP contribution >= 0.6 is 22.6 Å². The molecule has 0 saturated heterocycles. The van der Waals surface area contributed by atoms with E-state index < -0.39 is 0 Å². The Morgan fingerprint density at radius 3 is 2.91 bits per heavy atom. The van der Waals surface area contributed by atoms with Crippen LogP contribution in [0.25, 0.3) is 0 Å². The summed E-state index contributed by atoms with van der Waals surface area (Å²) in [5, 5.41) is 5.49. The molecule has 0 amide bonds. The minimum absolute atomic E-state index is 0.00909. The van der Waals surface area contributed by atoms with Crippen molar-refractivity contribution in [2.45, 2.75) is 39.7 Å². The molecular formula is C17H27FIN3. The van der Waals surface area contributed by atoms with Gasteiger partial charge in [0, 0.05) is 12.6 Å². The van der Waals surface area contributed by atoms with Crippen LogP contribution in [0.2, 0.25) is 0 Å². The lowest BCUT2D eigenvalue weighted by atomic mass is 10.1. The first-order valence-corrected chi connectivity index (χ1v) is 9.29. The fraction of sp³-hybridized carbons (Fsp3) is 0.529. The Bertz CT molecular complexity index is 457. The maximum absolute atomic E-state index is 14.0. The summed E-state index contributed by atoms with van der Waals surface area (Å²) in [5.41, 5.74) is 4.16. The Balaban J connectivity index is 2.79. The van der Waals surface area contributed by atoms with Crippen molar-refractivity contribution in [3.63, 3.8) is 0 Å². The third-order valence-electron chi connectivity index (χ3n) is 3.69. The van der Waals surface area contributed by atoms with Crippen LogP contribution < -0.4 is 10.7 Å². The monoisotopic (exact) mass is 419 g/mol. The van der Waals surface area contributed by atoms with E-state index in [9.17, 15) is 4.39 Å². The van der Waals surface area contributed by atoms with Crippen molar-refractivity contribution in [3.8, 4) is 0 Å². The van der Waals surface area contributed by atoms with Crippen LogP contribution in [0.15, 0.2) is 48.1 Å². The molecule has 22 heavy (non-hydrogen) atoms. The Morgan fingerprint density at radius 2 is 2.32 bits per heavy atom. The van der Waals surface area contributed by atoms with Crippen molar-refractivity contribution < 1.29 is 4.39 Å². The van der Waals surface area contributed by atoms with Gasteiger partial charge in [-0.3, -0.25) is 5.01 Å². The van der Waals surface area contributed by atoms with Crippen LogP contribution in [0.1, 0.15) is 33.6 Å². The average Bonchev–Trinajstić information content (AvgIpc) is 2.52. The first-order chi connectivity index (χ1) is 10.5. The molecule has 0 spiro atoms. The normalized spacial score (nSPS) is 19.5. The van der Waals surface area contributed by atoms with Gasteiger partial charge in [0.05, 0.1) is 4.55 Å². The maximum Gasteiger partial charge on any atom is 0.119 e. The van der Waals surface area contributed by atoms with Crippen molar-refractivity contribution in [2.24, 2.45) is 5.92 Å². The molecule has 1 rings (SSSR count). The quantitative estimate of drug-likeness (QED) is 0.264. The smallest absolute Gasteiger partial charge is 0.119 e. The first kappa shape index (κ1) is 19.2. The Morgan fingerprint density at radius 1 is 1.59 bits per heavy atom. The van der Waals surface area contributed by atoms with Gasteiger partial charge in [0.2, 0.25) is 0 Å². The molecule has 5 heteroatoms. The highest BCUT2D eigenvalue weighted by Crippen LogP contribution is 2.16. The van der Waals surface area contributed by atoms with Gasteiger partial charge in [-0.15, -0.1) is 0 Å². The van der Waals surface area contributed by atoms with E-state index in [0.717, 1.165) is 35.3 Å². The molecule has 0 aromatic carbocycles. The third kappa shape index (κ3) is 6.12. The van der Waals surface area contributed by atoms with E-state index in [0.29, 0.717) is 0 Å². The highest BCUT2D eigenvalue weighted by molar-refractivity contribution is 14.1. The van der Waals surface area contributed by atoms with Gasteiger partial charge in [0.1, 0.15) is 11.6 Å². The highest BCUT2D eigenvalue weighted by atomic mass is 127. The van der Waals surface area contributed by atoms with Crippen molar-refractivity contribution in [3.05, 3.63) is 48.1 Å². The molecule has 2 atom stereocenters. The second-order valence-electron chi connectivity index (χ2n) is 5.49. The zero-order chi connectivity index (χ0) is 16.5. The van der Waals surface area contributed by atoms with Crippen LogP contribution in [0.3, 0.4) is 0 Å². The summed E-state index contributed by atoms with van der Waals surface area (Å²) in [5.74, 6) is 1.08. The van der Waals surface area contributed by atoms with Gasteiger partial charge in [0.25, 0.3) is 0 Å². The van der Waals surface area contributed by atoms with E-state index in [1.165, 1.54) is 0 Å². The fourth-order valence-electron chi connectivity index (χ4n) is 2.11. The van der Waals surface area contributed by atoms with Crippen molar-refractivity contribution >= 4 is 22.6 Å². The van der Waals surface area contributed by atoms with E-state index in [4.69, 9.17) is 0 Å². The Hall–Kier alpha value is -0.820. The molecular weight excluding hydrogens is 392 g/mol. The van der Waals surface area contributed by atoms with E-state index >= 15 is 0 Å². The maximum atomic E-state index is 14.0. The molecule has 2 N–H and O–H groups in total. The number of hydrazine groups is 1. The second-order valence-corrected chi connectivity index (χ2v) is 6.17. The molecule has 0 fully saturated rings. The first-order valence-electron chi connectivity index (χ1n) is 7.76. The Kier molecular flexibility index (Phi) is 8.78. The van der Waals surface area contributed by atoms with Crippen LogP contribution in [0, 0.1) is 5.92 Å². The Labute approximate surface area is 147 Å². The van der Waals surface area contributed by atoms with E-state index in [2.05, 4.69) is 57.9 Å². The predicted octanol–water partition coefficient (Wildman–Crippen LogP) is 4.42. The standard InChI is InChI=1S/C17H27FIN3/c1-5-13(3)10-16(18)11-15(6-2)14(4)21-17-8-7-9-20-22(17)12-19/h6,8,10-11,13-14,20-21H,2,5,7,9,12H2,1,3-4H3/b15-11+,16-10+. The van der Waals surface area contributed by atoms with Crippen molar-refractivity contribution in [1.82, 2.24) is 15.8 Å². The predicted molar refractivity (Wildman–Crippen MR) is 101 cm³/mol.